The number of aryl methyl sites for hydroxylation is 1. The number of amides is 3. The van der Waals surface area contributed by atoms with Gasteiger partial charge in [-0.1, -0.05) is 59.0 Å². The summed E-state index contributed by atoms with van der Waals surface area (Å²) in [4.78, 5) is 50.9. The van der Waals surface area contributed by atoms with Crippen LogP contribution in [0.4, 0.5) is 4.79 Å². The van der Waals surface area contributed by atoms with Crippen LogP contribution in [0.1, 0.15) is 90.7 Å². The van der Waals surface area contributed by atoms with E-state index in [9.17, 15) is 24.6 Å². The Morgan fingerprint density at radius 3 is 2.54 bits per heavy atom. The van der Waals surface area contributed by atoms with E-state index in [1.54, 1.807) is 40.0 Å². The van der Waals surface area contributed by atoms with Gasteiger partial charge in [-0.25, -0.2) is 14.8 Å². The van der Waals surface area contributed by atoms with Crippen molar-refractivity contribution in [3.63, 3.8) is 0 Å². The van der Waals surface area contributed by atoms with Crippen molar-refractivity contribution in [3.05, 3.63) is 36.5 Å². The number of fused-ring (bicyclic) bond motifs is 1. The molecule has 4 fully saturated rings. The van der Waals surface area contributed by atoms with Gasteiger partial charge in [-0.2, -0.15) is 0 Å². The molecule has 14 heteroatoms. The molecule has 0 spiro atoms. The van der Waals surface area contributed by atoms with Crippen molar-refractivity contribution in [2.75, 3.05) is 13.7 Å². The zero-order chi connectivity index (χ0) is 37.2. The molecule has 13 nitrogen and oxygen atoms in total. The minimum Gasteiger partial charge on any atom is -0.497 e. The van der Waals surface area contributed by atoms with E-state index in [0.717, 1.165) is 42.8 Å². The average Bonchev–Trinajstić information content (AvgIpc) is 4.02. The van der Waals surface area contributed by atoms with Crippen LogP contribution in [0.15, 0.2) is 30.9 Å². The van der Waals surface area contributed by atoms with Crippen LogP contribution < -0.4 is 24.8 Å². The molecule has 5 N–H and O–H groups in total. The highest BCUT2D eigenvalue weighted by molar-refractivity contribution is 7.98. The number of likely N-dealkylation sites (tertiary alicyclic amines) is 1. The van der Waals surface area contributed by atoms with E-state index < -0.39 is 47.4 Å². The molecule has 3 aliphatic carbocycles. The number of carboxylic acid groups (broad SMARTS) is 1. The number of benzene rings is 1. The van der Waals surface area contributed by atoms with E-state index >= 15 is 0 Å². The minimum absolute atomic E-state index is 0.0659. The smallest absolute Gasteiger partial charge is 0.405 e. The maximum Gasteiger partial charge on any atom is 0.405 e. The number of carbonyl (C=O) groups excluding carboxylic acids is 2. The normalized spacial score (nSPS) is 25.3. The van der Waals surface area contributed by atoms with Crippen molar-refractivity contribution in [2.45, 2.75) is 127 Å². The quantitative estimate of drug-likeness (QED) is 0.0605. The fourth-order valence-electron chi connectivity index (χ4n) is 7.15. The Balaban J connectivity index is 1.26. The van der Waals surface area contributed by atoms with Gasteiger partial charge in [-0.15, -0.1) is 6.58 Å². The Morgan fingerprint density at radius 2 is 1.90 bits per heavy atom. The van der Waals surface area contributed by atoms with Gasteiger partial charge in [-0.3, -0.25) is 19.6 Å². The number of ether oxygens (including phenoxy) is 2. The Labute approximate surface area is 310 Å². The highest BCUT2D eigenvalue weighted by Crippen LogP contribution is 2.46. The lowest BCUT2D eigenvalue weighted by molar-refractivity contribution is -0.140. The first-order valence-corrected chi connectivity index (χ1v) is 19.5. The van der Waals surface area contributed by atoms with E-state index in [4.69, 9.17) is 19.4 Å². The zero-order valence-corrected chi connectivity index (χ0v) is 31.5. The van der Waals surface area contributed by atoms with Gasteiger partial charge in [0.05, 0.1) is 30.7 Å². The minimum atomic E-state index is -1.33. The number of hydrogen-bond acceptors (Lipinski definition) is 10. The van der Waals surface area contributed by atoms with Gasteiger partial charge in [0, 0.05) is 23.7 Å². The zero-order valence-electron chi connectivity index (χ0n) is 30.7. The summed E-state index contributed by atoms with van der Waals surface area (Å²) >= 11 is 1.40. The molecule has 0 bridgehead atoms. The lowest BCUT2D eigenvalue weighted by atomic mass is 9.85. The Kier molecular flexibility index (Phi) is 11.6. The van der Waals surface area contributed by atoms with Crippen LogP contribution in [0.25, 0.3) is 11.0 Å². The van der Waals surface area contributed by atoms with Gasteiger partial charge in [0.15, 0.2) is 0 Å². The number of nitrogens with zero attached hydrogens (tertiary/aromatic N) is 3. The van der Waals surface area contributed by atoms with Gasteiger partial charge in [0.25, 0.3) is 5.91 Å². The molecule has 3 amide bonds. The number of unbranched alkanes of at least 4 members (excludes halogenated alkanes) is 2. The molecule has 3 saturated carbocycles. The molecule has 4 aliphatic rings. The van der Waals surface area contributed by atoms with Crippen LogP contribution in [0.3, 0.4) is 0 Å². The summed E-state index contributed by atoms with van der Waals surface area (Å²) in [5.41, 5.74) is 0.197. The number of methoxy groups -OCH3 is 1. The van der Waals surface area contributed by atoms with Crippen molar-refractivity contribution < 1.29 is 34.1 Å². The molecule has 6 rings (SSSR count). The number of nitrogens with one attached hydrogen (secondary N) is 3. The molecule has 1 aliphatic heterocycles. The summed E-state index contributed by atoms with van der Waals surface area (Å²) in [5, 5.41) is 27.5. The second-order valence-corrected chi connectivity index (χ2v) is 17.1. The second-order valence-electron chi connectivity index (χ2n) is 16.0. The summed E-state index contributed by atoms with van der Waals surface area (Å²) in [6.07, 6.45) is 9.01. The van der Waals surface area contributed by atoms with E-state index in [1.807, 2.05) is 12.1 Å². The van der Waals surface area contributed by atoms with E-state index in [0.29, 0.717) is 35.2 Å². The highest BCUT2D eigenvalue weighted by atomic mass is 32.2. The fraction of sp³-hybridized carbons (Fsp3) is 0.658. The maximum atomic E-state index is 14.3. The number of aromatic nitrogens is 2. The molecular formula is C38H54N6O7S. The average molecular weight is 739 g/mol. The lowest BCUT2D eigenvalue weighted by Crippen LogP contribution is -2.61. The van der Waals surface area contributed by atoms with E-state index in [1.165, 1.54) is 42.5 Å². The second kappa shape index (κ2) is 15.8. The van der Waals surface area contributed by atoms with Crippen molar-refractivity contribution in [1.82, 2.24) is 30.2 Å². The number of carbonyl (C=O) groups is 3. The topological polar surface area (TPSA) is 175 Å². The SMILES string of the molecule is C=CC1CC1(N[C@@H](O)C1C[C@@H](Oc2nc3cc(OC)ccc3nc2CCCCCC2CC2)CN1C(=O)C(NC(=O)O)C(C)(C)C)C(=O)NSC1CC1. The molecule has 2 heterocycles. The molecule has 52 heavy (non-hydrogen) atoms. The monoisotopic (exact) mass is 738 g/mol. The lowest BCUT2D eigenvalue weighted by Gasteiger charge is -2.37. The van der Waals surface area contributed by atoms with Gasteiger partial charge in [0.1, 0.15) is 35.4 Å². The summed E-state index contributed by atoms with van der Waals surface area (Å²) in [6.45, 7) is 9.31. The Morgan fingerprint density at radius 1 is 1.13 bits per heavy atom. The maximum absolute atomic E-state index is 14.3. The van der Waals surface area contributed by atoms with Gasteiger partial charge in [0.2, 0.25) is 11.8 Å². The number of aliphatic hydroxyl groups excluding tert-OH is 1. The molecule has 1 aromatic heterocycles. The third-order valence-corrected chi connectivity index (χ3v) is 11.8. The van der Waals surface area contributed by atoms with Crippen molar-refractivity contribution in [2.24, 2.45) is 17.3 Å². The molecule has 2 aromatic rings. The van der Waals surface area contributed by atoms with Crippen LogP contribution in [0.5, 0.6) is 11.6 Å². The van der Waals surface area contributed by atoms with Crippen LogP contribution >= 0.6 is 11.9 Å². The summed E-state index contributed by atoms with van der Waals surface area (Å²) < 4.78 is 15.0. The summed E-state index contributed by atoms with van der Waals surface area (Å²) in [5.74, 6) is 0.959. The molecule has 284 valence electrons. The predicted molar refractivity (Wildman–Crippen MR) is 199 cm³/mol. The number of rotatable bonds is 18. The van der Waals surface area contributed by atoms with E-state index in [2.05, 4.69) is 21.9 Å². The van der Waals surface area contributed by atoms with Gasteiger partial charge >= 0.3 is 6.09 Å². The first kappa shape index (κ1) is 38.1. The molecule has 4 unspecified atom stereocenters. The number of hydrogen-bond donors (Lipinski definition) is 5. The third kappa shape index (κ3) is 9.11. The predicted octanol–water partition coefficient (Wildman–Crippen LogP) is 4.96. The summed E-state index contributed by atoms with van der Waals surface area (Å²) in [6, 6.07) is 3.58. The fourth-order valence-corrected chi connectivity index (χ4v) is 7.97. The largest absolute Gasteiger partial charge is 0.497 e. The van der Waals surface area contributed by atoms with Crippen molar-refractivity contribution in [3.8, 4) is 11.6 Å². The Hall–Kier alpha value is -3.62. The number of aliphatic hydroxyl groups is 1. The van der Waals surface area contributed by atoms with Crippen LogP contribution in [-0.2, 0) is 16.0 Å². The van der Waals surface area contributed by atoms with Gasteiger partial charge in [-0.05, 0) is 67.5 Å². The van der Waals surface area contributed by atoms with Crippen LogP contribution in [-0.4, -0.2) is 91.8 Å². The van der Waals surface area contributed by atoms with Gasteiger partial charge < -0.3 is 29.9 Å². The molecule has 6 atom stereocenters. The highest BCUT2D eigenvalue weighted by Gasteiger charge is 2.61. The van der Waals surface area contributed by atoms with Crippen LogP contribution in [0.2, 0.25) is 0 Å². The Bertz CT molecular complexity index is 1650. The molecule has 0 radical (unpaired) electrons. The van der Waals surface area contributed by atoms with Crippen molar-refractivity contribution in [1.29, 1.82) is 0 Å². The van der Waals surface area contributed by atoms with Crippen molar-refractivity contribution >= 4 is 40.9 Å². The van der Waals surface area contributed by atoms with E-state index in [-0.39, 0.29) is 24.8 Å². The standard InChI is InChI=1S/C38H54N6O7S/c1-6-23-20-38(23,35(47)43-52-26-15-16-26)42-32(45)30-19-25(21-44(30)34(46)31(37(2,3)4)41-36(48)49)51-33-28(11-9-7-8-10-22-12-13-22)39-27-17-14-24(50-5)18-29(27)40-33/h6,14,17-18,22-23,25-26,30-32,41-42,45H,1,7-13,15-16,19-21H2,2-5H3,(H,43,47)(H,48,49)/t23?,25-,30?,31?,32+,38?/m1/s1. The molecule has 1 aromatic carbocycles. The third-order valence-electron chi connectivity index (χ3n) is 10.7. The van der Waals surface area contributed by atoms with Crippen LogP contribution in [0, 0.1) is 17.3 Å². The molecule has 1 saturated heterocycles. The first-order chi connectivity index (χ1) is 24.8. The first-order valence-electron chi connectivity index (χ1n) is 18.7. The molecular weight excluding hydrogens is 685 g/mol. The summed E-state index contributed by atoms with van der Waals surface area (Å²) in [7, 11) is 1.59.